The van der Waals surface area contributed by atoms with Crippen molar-refractivity contribution in [2.75, 3.05) is 0 Å². The predicted octanol–water partition coefficient (Wildman–Crippen LogP) is 3.52. The van der Waals surface area contributed by atoms with Gasteiger partial charge >= 0.3 is 0 Å². The van der Waals surface area contributed by atoms with Crippen LogP contribution in [0.1, 0.15) is 11.1 Å². The average molecular weight is 274 g/mol. The molecule has 0 aliphatic carbocycles. The normalized spacial score (nSPS) is 16.4. The van der Waals surface area contributed by atoms with Crippen molar-refractivity contribution >= 4 is 10.9 Å². The van der Waals surface area contributed by atoms with E-state index >= 15 is 0 Å². The van der Waals surface area contributed by atoms with Crippen LogP contribution in [0.15, 0.2) is 54.7 Å². The second-order valence-corrected chi connectivity index (χ2v) is 5.41. The molecule has 0 bridgehead atoms. The zero-order chi connectivity index (χ0) is 14.2. The maximum Gasteiger partial charge on any atom is 0.123 e. The molecule has 0 N–H and O–H groups in total. The van der Waals surface area contributed by atoms with Crippen LogP contribution in [0.4, 0.5) is 0 Å². The van der Waals surface area contributed by atoms with Gasteiger partial charge < -0.3 is 9.30 Å². The molecule has 1 unspecified atom stereocenters. The molecular weight excluding hydrogens is 260 g/mol. The molecule has 4 rings (SSSR count). The molecule has 0 spiro atoms. The van der Waals surface area contributed by atoms with Crippen molar-refractivity contribution in [3.05, 3.63) is 65.9 Å². The lowest BCUT2D eigenvalue weighted by Gasteiger charge is -2.12. The SMILES string of the molecule is N#Cc1ccc2c(ccn2CC2Cc3ccccc3O2)c1. The van der Waals surface area contributed by atoms with Crippen LogP contribution in [0.3, 0.4) is 0 Å². The molecule has 2 aromatic carbocycles. The number of nitrogens with zero attached hydrogens (tertiary/aromatic N) is 2. The van der Waals surface area contributed by atoms with Crippen LogP contribution in [0.5, 0.6) is 5.75 Å². The molecule has 1 aromatic heterocycles. The van der Waals surface area contributed by atoms with Gasteiger partial charge in [0.1, 0.15) is 11.9 Å². The molecule has 102 valence electrons. The Labute approximate surface area is 123 Å². The molecule has 0 amide bonds. The summed E-state index contributed by atoms with van der Waals surface area (Å²) in [6.07, 6.45) is 3.19. The van der Waals surface area contributed by atoms with Gasteiger partial charge in [-0.3, -0.25) is 0 Å². The molecule has 3 aromatic rings. The van der Waals surface area contributed by atoms with E-state index in [1.807, 2.05) is 30.3 Å². The number of para-hydroxylation sites is 1. The highest BCUT2D eigenvalue weighted by molar-refractivity contribution is 5.81. The lowest BCUT2D eigenvalue weighted by atomic mass is 10.1. The molecule has 3 nitrogen and oxygen atoms in total. The first-order valence-electron chi connectivity index (χ1n) is 7.07. The van der Waals surface area contributed by atoms with E-state index in [-0.39, 0.29) is 6.10 Å². The van der Waals surface area contributed by atoms with Gasteiger partial charge in [0.2, 0.25) is 0 Å². The first kappa shape index (κ1) is 12.0. The number of rotatable bonds is 2. The first-order valence-corrected chi connectivity index (χ1v) is 7.07. The average Bonchev–Trinajstić information content (AvgIpc) is 3.10. The number of hydrogen-bond acceptors (Lipinski definition) is 2. The maximum absolute atomic E-state index is 8.96. The highest BCUT2D eigenvalue weighted by Gasteiger charge is 2.22. The Hall–Kier alpha value is -2.73. The van der Waals surface area contributed by atoms with Gasteiger partial charge in [-0.25, -0.2) is 0 Å². The van der Waals surface area contributed by atoms with Gasteiger partial charge in [0, 0.05) is 23.5 Å². The molecule has 1 aliphatic heterocycles. The van der Waals surface area contributed by atoms with Crippen molar-refractivity contribution in [1.29, 1.82) is 5.26 Å². The first-order chi connectivity index (χ1) is 10.3. The van der Waals surface area contributed by atoms with Crippen LogP contribution in [0.25, 0.3) is 10.9 Å². The number of nitriles is 1. The summed E-state index contributed by atoms with van der Waals surface area (Å²) < 4.78 is 8.20. The molecule has 3 heteroatoms. The number of benzene rings is 2. The van der Waals surface area contributed by atoms with Gasteiger partial charge in [-0.15, -0.1) is 0 Å². The topological polar surface area (TPSA) is 38.0 Å². The molecule has 0 fully saturated rings. The van der Waals surface area contributed by atoms with Gasteiger partial charge in [-0.05, 0) is 35.9 Å². The Bertz CT molecular complexity index is 832. The lowest BCUT2D eigenvalue weighted by molar-refractivity contribution is 0.211. The predicted molar refractivity (Wildman–Crippen MR) is 81.2 cm³/mol. The van der Waals surface area contributed by atoms with E-state index in [0.717, 1.165) is 29.6 Å². The zero-order valence-electron chi connectivity index (χ0n) is 11.5. The summed E-state index contributed by atoms with van der Waals surface area (Å²) in [5, 5.41) is 10.1. The van der Waals surface area contributed by atoms with Gasteiger partial charge in [0.05, 0.1) is 18.2 Å². The van der Waals surface area contributed by atoms with Gasteiger partial charge in [0.15, 0.2) is 0 Å². The summed E-state index contributed by atoms with van der Waals surface area (Å²) in [6, 6.07) is 18.3. The third-order valence-corrected chi connectivity index (χ3v) is 4.01. The van der Waals surface area contributed by atoms with Gasteiger partial charge in [-0.1, -0.05) is 18.2 Å². The monoisotopic (exact) mass is 274 g/mol. The Morgan fingerprint density at radius 3 is 2.95 bits per heavy atom. The highest BCUT2D eigenvalue weighted by Crippen LogP contribution is 2.29. The van der Waals surface area contributed by atoms with Crippen molar-refractivity contribution in [3.63, 3.8) is 0 Å². The smallest absolute Gasteiger partial charge is 0.123 e. The van der Waals surface area contributed by atoms with E-state index in [1.165, 1.54) is 5.56 Å². The minimum atomic E-state index is 0.175. The van der Waals surface area contributed by atoms with E-state index in [1.54, 1.807) is 0 Å². The lowest BCUT2D eigenvalue weighted by Crippen LogP contribution is -2.20. The third kappa shape index (κ3) is 2.05. The quantitative estimate of drug-likeness (QED) is 0.717. The van der Waals surface area contributed by atoms with Crippen molar-refractivity contribution in [3.8, 4) is 11.8 Å². The summed E-state index contributed by atoms with van der Waals surface area (Å²) in [5.74, 6) is 1.01. The third-order valence-electron chi connectivity index (χ3n) is 4.01. The van der Waals surface area contributed by atoms with Crippen LogP contribution in [0.2, 0.25) is 0 Å². The maximum atomic E-state index is 8.96. The number of hydrogen-bond donors (Lipinski definition) is 0. The standard InChI is InChI=1S/C18H14N2O/c19-11-13-5-6-17-14(9-13)7-8-20(17)12-16-10-15-3-1-2-4-18(15)21-16/h1-9,16H,10,12H2. The number of fused-ring (bicyclic) bond motifs is 2. The molecule has 21 heavy (non-hydrogen) atoms. The van der Waals surface area contributed by atoms with Crippen molar-refractivity contribution < 1.29 is 4.74 Å². The molecule has 1 aliphatic rings. The van der Waals surface area contributed by atoms with Crippen LogP contribution in [-0.2, 0) is 13.0 Å². The van der Waals surface area contributed by atoms with Crippen LogP contribution in [-0.4, -0.2) is 10.7 Å². The van der Waals surface area contributed by atoms with Gasteiger partial charge in [-0.2, -0.15) is 5.26 Å². The van der Waals surface area contributed by atoms with Crippen molar-refractivity contribution in [1.82, 2.24) is 4.57 Å². The second-order valence-electron chi connectivity index (χ2n) is 5.41. The Kier molecular flexibility index (Phi) is 2.68. The minimum Gasteiger partial charge on any atom is -0.488 e. The fourth-order valence-corrected chi connectivity index (χ4v) is 3.00. The molecular formula is C18H14N2O. The fraction of sp³-hybridized carbons (Fsp3) is 0.167. The second kappa shape index (κ2) is 4.68. The molecule has 0 saturated heterocycles. The fourth-order valence-electron chi connectivity index (χ4n) is 3.00. The van der Waals surface area contributed by atoms with Crippen LogP contribution < -0.4 is 4.74 Å². The minimum absolute atomic E-state index is 0.175. The summed E-state index contributed by atoms with van der Waals surface area (Å²) in [5.41, 5.74) is 3.13. The largest absolute Gasteiger partial charge is 0.488 e. The Balaban J connectivity index is 1.60. The molecule has 2 heterocycles. The Morgan fingerprint density at radius 2 is 2.10 bits per heavy atom. The summed E-state index contributed by atoms with van der Waals surface area (Å²) in [6.45, 7) is 0.823. The Morgan fingerprint density at radius 1 is 1.19 bits per heavy atom. The summed E-state index contributed by atoms with van der Waals surface area (Å²) >= 11 is 0. The van der Waals surface area contributed by atoms with Crippen molar-refractivity contribution in [2.45, 2.75) is 19.1 Å². The van der Waals surface area contributed by atoms with Crippen LogP contribution in [0, 0.1) is 11.3 Å². The molecule has 0 saturated carbocycles. The van der Waals surface area contributed by atoms with E-state index < -0.39 is 0 Å². The number of ether oxygens (including phenoxy) is 1. The van der Waals surface area contributed by atoms with Crippen LogP contribution >= 0.6 is 0 Å². The molecule has 0 radical (unpaired) electrons. The van der Waals surface area contributed by atoms with Crippen molar-refractivity contribution in [2.24, 2.45) is 0 Å². The van der Waals surface area contributed by atoms with Gasteiger partial charge in [0.25, 0.3) is 0 Å². The van der Waals surface area contributed by atoms with E-state index in [9.17, 15) is 0 Å². The summed E-state index contributed by atoms with van der Waals surface area (Å²) in [7, 11) is 0. The zero-order valence-corrected chi connectivity index (χ0v) is 11.5. The summed E-state index contributed by atoms with van der Waals surface area (Å²) in [4.78, 5) is 0. The highest BCUT2D eigenvalue weighted by atomic mass is 16.5. The van der Waals surface area contributed by atoms with E-state index in [4.69, 9.17) is 10.00 Å². The number of aromatic nitrogens is 1. The molecule has 1 atom stereocenters. The van der Waals surface area contributed by atoms with E-state index in [0.29, 0.717) is 5.56 Å². The van der Waals surface area contributed by atoms with E-state index in [2.05, 4.69) is 35.0 Å².